The Morgan fingerprint density at radius 2 is 2.05 bits per heavy atom. The molecule has 110 valence electrons. The van der Waals surface area contributed by atoms with Gasteiger partial charge in [0.15, 0.2) is 0 Å². The van der Waals surface area contributed by atoms with Crippen LogP contribution in [-0.2, 0) is 9.53 Å². The standard InChI is InChI=1S/C14H18BrNO4/c1-14(2,3)20-13(19)16(4)11(8-17)10-6-5-9(15)7-12(10)18/h5-8,11,18H,1-4H3. The first kappa shape index (κ1) is 16.5. The highest BCUT2D eigenvalue weighted by molar-refractivity contribution is 9.10. The average molecular weight is 344 g/mol. The van der Waals surface area contributed by atoms with Crippen LogP contribution in [0.15, 0.2) is 22.7 Å². The van der Waals surface area contributed by atoms with Gasteiger partial charge in [0.05, 0.1) is 0 Å². The zero-order valence-electron chi connectivity index (χ0n) is 11.9. The molecule has 1 aromatic rings. The fourth-order valence-electron chi connectivity index (χ4n) is 1.59. The number of hydrogen-bond donors (Lipinski definition) is 1. The van der Waals surface area contributed by atoms with Gasteiger partial charge in [-0.1, -0.05) is 22.0 Å². The first-order valence-electron chi connectivity index (χ1n) is 6.05. The molecule has 1 atom stereocenters. The van der Waals surface area contributed by atoms with E-state index in [4.69, 9.17) is 4.74 Å². The topological polar surface area (TPSA) is 66.8 Å². The highest BCUT2D eigenvalue weighted by Crippen LogP contribution is 2.30. The van der Waals surface area contributed by atoms with Crippen molar-refractivity contribution in [2.24, 2.45) is 0 Å². The Morgan fingerprint density at radius 3 is 2.50 bits per heavy atom. The van der Waals surface area contributed by atoms with E-state index in [1.54, 1.807) is 32.9 Å². The maximum atomic E-state index is 12.0. The van der Waals surface area contributed by atoms with Gasteiger partial charge in [-0.25, -0.2) is 4.79 Å². The summed E-state index contributed by atoms with van der Waals surface area (Å²) in [4.78, 5) is 24.4. The number of phenols is 1. The highest BCUT2D eigenvalue weighted by Gasteiger charge is 2.27. The van der Waals surface area contributed by atoms with Gasteiger partial charge in [0.2, 0.25) is 0 Å². The summed E-state index contributed by atoms with van der Waals surface area (Å²) >= 11 is 3.22. The number of carbonyl (C=O) groups is 2. The van der Waals surface area contributed by atoms with Crippen LogP contribution in [0.5, 0.6) is 5.75 Å². The molecule has 0 aliphatic heterocycles. The minimum atomic E-state index is -0.905. The van der Waals surface area contributed by atoms with E-state index >= 15 is 0 Å². The van der Waals surface area contributed by atoms with Gasteiger partial charge in [-0.05, 0) is 32.9 Å². The van der Waals surface area contributed by atoms with E-state index in [1.165, 1.54) is 13.1 Å². The molecule has 0 aliphatic rings. The van der Waals surface area contributed by atoms with Crippen LogP contribution in [0.3, 0.4) is 0 Å². The number of nitrogens with zero attached hydrogens (tertiary/aromatic N) is 1. The zero-order valence-corrected chi connectivity index (χ0v) is 13.5. The Bertz CT molecular complexity index is 510. The molecule has 6 heteroatoms. The molecule has 0 saturated carbocycles. The number of amides is 1. The second kappa shape index (κ2) is 6.26. The van der Waals surface area contributed by atoms with Gasteiger partial charge >= 0.3 is 6.09 Å². The molecule has 1 unspecified atom stereocenters. The molecular formula is C14H18BrNO4. The van der Waals surface area contributed by atoms with Crippen molar-refractivity contribution in [3.05, 3.63) is 28.2 Å². The summed E-state index contributed by atoms with van der Waals surface area (Å²) in [6, 6.07) is 3.83. The smallest absolute Gasteiger partial charge is 0.410 e. The Hall–Kier alpha value is -1.56. The molecule has 1 N–H and O–H groups in total. The van der Waals surface area contributed by atoms with E-state index < -0.39 is 17.7 Å². The summed E-state index contributed by atoms with van der Waals surface area (Å²) in [6.45, 7) is 5.23. The summed E-state index contributed by atoms with van der Waals surface area (Å²) in [6.07, 6.45) is -0.0377. The summed E-state index contributed by atoms with van der Waals surface area (Å²) in [5.41, 5.74) is -0.308. The van der Waals surface area contributed by atoms with Gasteiger partial charge in [-0.3, -0.25) is 4.90 Å². The van der Waals surface area contributed by atoms with Crippen LogP contribution in [0.4, 0.5) is 4.79 Å². The van der Waals surface area contributed by atoms with Crippen LogP contribution in [0, 0.1) is 0 Å². The minimum absolute atomic E-state index is 0.0631. The van der Waals surface area contributed by atoms with Gasteiger partial charge < -0.3 is 14.6 Å². The number of rotatable bonds is 3. The fraction of sp³-hybridized carbons (Fsp3) is 0.429. The second-order valence-corrected chi connectivity index (χ2v) is 6.29. The lowest BCUT2D eigenvalue weighted by molar-refractivity contribution is -0.112. The number of carbonyl (C=O) groups excluding carboxylic acids is 2. The van der Waals surface area contributed by atoms with Crippen LogP contribution >= 0.6 is 15.9 Å². The second-order valence-electron chi connectivity index (χ2n) is 5.38. The van der Waals surface area contributed by atoms with E-state index in [1.807, 2.05) is 0 Å². The fourth-order valence-corrected chi connectivity index (χ4v) is 1.94. The molecule has 5 nitrogen and oxygen atoms in total. The van der Waals surface area contributed by atoms with Crippen LogP contribution in [0.25, 0.3) is 0 Å². The molecule has 0 radical (unpaired) electrons. The SMILES string of the molecule is CN(C(=O)OC(C)(C)C)C(C=O)c1ccc(Br)cc1O. The molecule has 20 heavy (non-hydrogen) atoms. The van der Waals surface area contributed by atoms with Crippen molar-refractivity contribution in [3.8, 4) is 5.75 Å². The average Bonchev–Trinajstić information content (AvgIpc) is 2.30. The summed E-state index contributed by atoms with van der Waals surface area (Å²) < 4.78 is 5.89. The lowest BCUT2D eigenvalue weighted by atomic mass is 10.1. The number of halogens is 1. The van der Waals surface area contributed by atoms with Crippen molar-refractivity contribution in [1.82, 2.24) is 4.90 Å². The zero-order chi connectivity index (χ0) is 15.5. The van der Waals surface area contributed by atoms with Crippen LogP contribution in [0.1, 0.15) is 32.4 Å². The monoisotopic (exact) mass is 343 g/mol. The lowest BCUT2D eigenvalue weighted by Crippen LogP contribution is -2.37. The maximum Gasteiger partial charge on any atom is 0.410 e. The molecule has 0 saturated heterocycles. The summed E-state index contributed by atoms with van der Waals surface area (Å²) in [5.74, 6) is -0.0631. The van der Waals surface area contributed by atoms with E-state index in [0.717, 1.165) is 4.90 Å². The van der Waals surface area contributed by atoms with Crippen LogP contribution < -0.4 is 0 Å². The Morgan fingerprint density at radius 1 is 1.45 bits per heavy atom. The molecule has 0 bridgehead atoms. The maximum absolute atomic E-state index is 12.0. The predicted molar refractivity (Wildman–Crippen MR) is 78.6 cm³/mol. The number of phenolic OH excluding ortho intramolecular Hbond substituents is 1. The third-order valence-corrected chi connectivity index (χ3v) is 3.03. The Balaban J connectivity index is 3.01. The predicted octanol–water partition coefficient (Wildman–Crippen LogP) is 3.26. The largest absolute Gasteiger partial charge is 0.508 e. The minimum Gasteiger partial charge on any atom is -0.508 e. The summed E-state index contributed by atoms with van der Waals surface area (Å²) in [7, 11) is 1.45. The van der Waals surface area contributed by atoms with E-state index in [9.17, 15) is 14.7 Å². The van der Waals surface area contributed by atoms with Gasteiger partial charge in [0.25, 0.3) is 0 Å². The summed E-state index contributed by atoms with van der Waals surface area (Å²) in [5, 5.41) is 9.89. The molecule has 0 heterocycles. The first-order chi connectivity index (χ1) is 9.15. The molecule has 1 aromatic carbocycles. The van der Waals surface area contributed by atoms with Gasteiger partial charge in [0.1, 0.15) is 23.7 Å². The van der Waals surface area contributed by atoms with Gasteiger partial charge in [-0.2, -0.15) is 0 Å². The first-order valence-corrected chi connectivity index (χ1v) is 6.84. The number of hydrogen-bond acceptors (Lipinski definition) is 4. The molecule has 1 rings (SSSR count). The van der Waals surface area contributed by atoms with Crippen molar-refractivity contribution in [2.75, 3.05) is 7.05 Å². The van der Waals surface area contributed by atoms with E-state index in [2.05, 4.69) is 15.9 Å². The highest BCUT2D eigenvalue weighted by atomic mass is 79.9. The molecule has 0 aliphatic carbocycles. The van der Waals surface area contributed by atoms with Crippen LogP contribution in [-0.4, -0.2) is 35.0 Å². The molecule has 0 spiro atoms. The number of ether oxygens (including phenoxy) is 1. The van der Waals surface area contributed by atoms with Gasteiger partial charge in [0, 0.05) is 17.1 Å². The Kier molecular flexibility index (Phi) is 5.16. The van der Waals surface area contributed by atoms with Crippen molar-refractivity contribution in [2.45, 2.75) is 32.4 Å². The van der Waals surface area contributed by atoms with Crippen molar-refractivity contribution in [1.29, 1.82) is 0 Å². The van der Waals surface area contributed by atoms with E-state index in [0.29, 0.717) is 16.3 Å². The molecule has 0 fully saturated rings. The third kappa shape index (κ3) is 4.23. The number of aromatic hydroxyl groups is 1. The molecule has 1 amide bonds. The molecular weight excluding hydrogens is 326 g/mol. The van der Waals surface area contributed by atoms with E-state index in [-0.39, 0.29) is 5.75 Å². The van der Waals surface area contributed by atoms with Gasteiger partial charge in [-0.15, -0.1) is 0 Å². The molecule has 0 aromatic heterocycles. The van der Waals surface area contributed by atoms with Crippen molar-refractivity contribution >= 4 is 28.3 Å². The lowest BCUT2D eigenvalue weighted by Gasteiger charge is -2.28. The quantitative estimate of drug-likeness (QED) is 0.855. The normalized spacial score (nSPS) is 12.7. The number of benzene rings is 1. The third-order valence-electron chi connectivity index (χ3n) is 2.54. The Labute approximate surface area is 126 Å². The number of likely N-dealkylation sites (N-methyl/N-ethyl adjacent to an activating group) is 1. The van der Waals surface area contributed by atoms with Crippen molar-refractivity contribution < 1.29 is 19.4 Å². The van der Waals surface area contributed by atoms with Crippen LogP contribution in [0.2, 0.25) is 0 Å². The number of aldehydes is 1. The van der Waals surface area contributed by atoms with Crippen molar-refractivity contribution in [3.63, 3.8) is 0 Å².